The average Bonchev–Trinajstić information content (AvgIpc) is 2.41. The van der Waals surface area contributed by atoms with Gasteiger partial charge in [-0.15, -0.1) is 0 Å². The fraction of sp³-hybridized carbons (Fsp3) is 0.625. The van der Waals surface area contributed by atoms with Crippen LogP contribution in [0.5, 0.6) is 0 Å². The molecule has 0 heterocycles. The number of benzene rings is 1. The van der Waals surface area contributed by atoms with Crippen molar-refractivity contribution in [1.82, 2.24) is 0 Å². The van der Waals surface area contributed by atoms with Crippen molar-refractivity contribution < 1.29 is 10.2 Å². The molecule has 18 heavy (non-hydrogen) atoms. The maximum absolute atomic E-state index is 10.9. The standard InChI is InChI=1S/C16H22O2/c17-15-10-12-6-4-5-7-13(12)11-16(15,18)14-8-2-1-3-9-14/h1-3,8-9,12-13,15,17-18H,4-7,10-11H2/t12-,13-,15+,16+/m0/s1. The van der Waals surface area contributed by atoms with Gasteiger partial charge in [0.2, 0.25) is 0 Å². The van der Waals surface area contributed by atoms with Crippen molar-refractivity contribution in [3.8, 4) is 0 Å². The molecule has 0 aliphatic heterocycles. The second-order valence-electron chi connectivity index (χ2n) is 6.05. The summed E-state index contributed by atoms with van der Waals surface area (Å²) in [7, 11) is 0. The Hall–Kier alpha value is -0.860. The van der Waals surface area contributed by atoms with Gasteiger partial charge in [0.05, 0.1) is 6.10 Å². The number of aliphatic hydroxyl groups is 2. The Bertz CT molecular complexity index is 403. The highest BCUT2D eigenvalue weighted by molar-refractivity contribution is 5.25. The van der Waals surface area contributed by atoms with Crippen molar-refractivity contribution in [2.45, 2.75) is 50.2 Å². The van der Waals surface area contributed by atoms with E-state index in [1.165, 1.54) is 25.7 Å². The molecule has 98 valence electrons. The third kappa shape index (κ3) is 1.98. The van der Waals surface area contributed by atoms with Crippen LogP contribution in [-0.2, 0) is 5.60 Å². The maximum atomic E-state index is 10.9. The Morgan fingerprint density at radius 1 is 1.00 bits per heavy atom. The Balaban J connectivity index is 1.87. The zero-order valence-corrected chi connectivity index (χ0v) is 10.8. The van der Waals surface area contributed by atoms with Crippen molar-refractivity contribution >= 4 is 0 Å². The van der Waals surface area contributed by atoms with E-state index in [4.69, 9.17) is 0 Å². The van der Waals surface area contributed by atoms with E-state index in [1.807, 2.05) is 30.3 Å². The van der Waals surface area contributed by atoms with Crippen molar-refractivity contribution in [1.29, 1.82) is 0 Å². The topological polar surface area (TPSA) is 40.5 Å². The fourth-order valence-electron chi connectivity index (χ4n) is 3.92. The molecule has 2 heteroatoms. The van der Waals surface area contributed by atoms with E-state index in [9.17, 15) is 10.2 Å². The van der Waals surface area contributed by atoms with Gasteiger partial charge >= 0.3 is 0 Å². The minimum Gasteiger partial charge on any atom is -0.390 e. The molecule has 2 N–H and O–H groups in total. The number of fused-ring (bicyclic) bond motifs is 1. The molecule has 2 aliphatic carbocycles. The first-order chi connectivity index (χ1) is 8.70. The molecule has 0 amide bonds. The quantitative estimate of drug-likeness (QED) is 0.800. The van der Waals surface area contributed by atoms with Crippen LogP contribution in [-0.4, -0.2) is 16.3 Å². The van der Waals surface area contributed by atoms with Crippen molar-refractivity contribution in [2.75, 3.05) is 0 Å². The van der Waals surface area contributed by atoms with Gasteiger partial charge in [0.25, 0.3) is 0 Å². The second kappa shape index (κ2) is 4.67. The van der Waals surface area contributed by atoms with E-state index in [2.05, 4.69) is 0 Å². The zero-order chi connectivity index (χ0) is 12.6. The van der Waals surface area contributed by atoms with Crippen LogP contribution < -0.4 is 0 Å². The Morgan fingerprint density at radius 2 is 1.67 bits per heavy atom. The maximum Gasteiger partial charge on any atom is 0.116 e. The summed E-state index contributed by atoms with van der Waals surface area (Å²) in [5.41, 5.74) is -0.152. The van der Waals surface area contributed by atoms with Crippen LogP contribution >= 0.6 is 0 Å². The van der Waals surface area contributed by atoms with Gasteiger partial charge in [-0.3, -0.25) is 0 Å². The highest BCUT2D eigenvalue weighted by Crippen LogP contribution is 2.48. The molecule has 3 rings (SSSR count). The van der Waals surface area contributed by atoms with E-state index in [0.717, 1.165) is 18.4 Å². The number of rotatable bonds is 1. The summed E-state index contributed by atoms with van der Waals surface area (Å²) in [6.45, 7) is 0. The molecular weight excluding hydrogens is 224 g/mol. The highest BCUT2D eigenvalue weighted by Gasteiger charge is 2.47. The van der Waals surface area contributed by atoms with E-state index >= 15 is 0 Å². The van der Waals surface area contributed by atoms with Crippen LogP contribution in [0.3, 0.4) is 0 Å². The van der Waals surface area contributed by atoms with Crippen LogP contribution in [0, 0.1) is 11.8 Å². The molecule has 0 bridgehead atoms. The molecule has 2 nitrogen and oxygen atoms in total. The predicted molar refractivity (Wildman–Crippen MR) is 71.0 cm³/mol. The molecule has 2 saturated carbocycles. The molecule has 0 unspecified atom stereocenters. The van der Waals surface area contributed by atoms with Crippen molar-refractivity contribution in [3.63, 3.8) is 0 Å². The van der Waals surface area contributed by atoms with Crippen molar-refractivity contribution in [3.05, 3.63) is 35.9 Å². The minimum atomic E-state index is -1.03. The van der Waals surface area contributed by atoms with Gasteiger partial charge in [0.15, 0.2) is 0 Å². The molecule has 0 saturated heterocycles. The average molecular weight is 246 g/mol. The number of aliphatic hydroxyl groups excluding tert-OH is 1. The van der Waals surface area contributed by atoms with E-state index in [1.54, 1.807) is 0 Å². The summed E-state index contributed by atoms with van der Waals surface area (Å²) in [4.78, 5) is 0. The number of hydrogen-bond donors (Lipinski definition) is 2. The SMILES string of the molecule is O[C@@H]1C[C@@H]2CCCC[C@H]2C[C@@]1(O)c1ccccc1. The lowest BCUT2D eigenvalue weighted by Gasteiger charge is -2.47. The minimum absolute atomic E-state index is 0.590. The molecule has 0 radical (unpaired) electrons. The largest absolute Gasteiger partial charge is 0.390 e. The van der Waals surface area contributed by atoms with Crippen LogP contribution in [0.25, 0.3) is 0 Å². The first kappa shape index (κ1) is 12.2. The lowest BCUT2D eigenvalue weighted by molar-refractivity contribution is -0.141. The molecule has 1 aromatic carbocycles. The smallest absolute Gasteiger partial charge is 0.116 e. The molecular formula is C16H22O2. The van der Waals surface area contributed by atoms with Gasteiger partial charge in [-0.05, 0) is 30.2 Å². The van der Waals surface area contributed by atoms with E-state index < -0.39 is 11.7 Å². The normalized spacial score (nSPS) is 40.2. The number of hydrogen-bond acceptors (Lipinski definition) is 2. The summed E-state index contributed by atoms with van der Waals surface area (Å²) >= 11 is 0. The fourth-order valence-corrected chi connectivity index (χ4v) is 3.92. The Labute approximate surface area is 109 Å². The monoisotopic (exact) mass is 246 g/mol. The summed E-state index contributed by atoms with van der Waals surface area (Å²) in [5, 5.41) is 21.3. The first-order valence-corrected chi connectivity index (χ1v) is 7.16. The van der Waals surface area contributed by atoms with Gasteiger partial charge in [0.1, 0.15) is 5.60 Å². The Morgan fingerprint density at radius 3 is 2.39 bits per heavy atom. The summed E-state index contributed by atoms with van der Waals surface area (Å²) < 4.78 is 0. The molecule has 4 atom stereocenters. The first-order valence-electron chi connectivity index (χ1n) is 7.16. The van der Waals surface area contributed by atoms with Crippen LogP contribution in [0.4, 0.5) is 0 Å². The van der Waals surface area contributed by atoms with Crippen molar-refractivity contribution in [2.24, 2.45) is 11.8 Å². The summed E-state index contributed by atoms with van der Waals surface area (Å²) in [5.74, 6) is 1.21. The predicted octanol–water partition coefficient (Wildman–Crippen LogP) is 2.84. The molecule has 2 fully saturated rings. The molecule has 2 aliphatic rings. The summed E-state index contributed by atoms with van der Waals surface area (Å²) in [6, 6.07) is 9.70. The zero-order valence-electron chi connectivity index (χ0n) is 10.8. The lowest BCUT2D eigenvalue weighted by Crippen LogP contribution is -2.48. The van der Waals surface area contributed by atoms with Crippen LogP contribution in [0.1, 0.15) is 44.1 Å². The second-order valence-corrected chi connectivity index (χ2v) is 6.05. The highest BCUT2D eigenvalue weighted by atomic mass is 16.3. The van der Waals surface area contributed by atoms with Gasteiger partial charge in [-0.2, -0.15) is 0 Å². The van der Waals surface area contributed by atoms with Crippen LogP contribution in [0.2, 0.25) is 0 Å². The lowest BCUT2D eigenvalue weighted by atomic mass is 9.63. The van der Waals surface area contributed by atoms with Gasteiger partial charge < -0.3 is 10.2 Å². The third-order valence-corrected chi connectivity index (χ3v) is 4.99. The molecule has 0 aromatic heterocycles. The van der Waals surface area contributed by atoms with Gasteiger partial charge in [-0.25, -0.2) is 0 Å². The Kier molecular flexibility index (Phi) is 3.16. The third-order valence-electron chi connectivity index (χ3n) is 4.99. The summed E-state index contributed by atoms with van der Waals surface area (Å²) in [6.07, 6.45) is 5.89. The van der Waals surface area contributed by atoms with Gasteiger partial charge in [-0.1, -0.05) is 56.0 Å². The van der Waals surface area contributed by atoms with E-state index in [-0.39, 0.29) is 0 Å². The molecule has 0 spiro atoms. The van der Waals surface area contributed by atoms with Gasteiger partial charge in [0, 0.05) is 0 Å². The van der Waals surface area contributed by atoms with E-state index in [0.29, 0.717) is 11.8 Å². The molecule has 1 aromatic rings. The van der Waals surface area contributed by atoms with Crippen LogP contribution in [0.15, 0.2) is 30.3 Å².